The zero-order valence-electron chi connectivity index (χ0n) is 20.0. The van der Waals surface area contributed by atoms with Gasteiger partial charge in [0.05, 0.1) is 0 Å². The van der Waals surface area contributed by atoms with Crippen LogP contribution in [-0.4, -0.2) is 30.4 Å². The van der Waals surface area contributed by atoms with Crippen LogP contribution in [0.4, 0.5) is 0 Å². The minimum atomic E-state index is -1.08. The summed E-state index contributed by atoms with van der Waals surface area (Å²) in [6.45, 7) is 9.23. The van der Waals surface area contributed by atoms with E-state index in [0.29, 0.717) is 0 Å². The van der Waals surface area contributed by atoms with Crippen LogP contribution < -0.4 is 5.11 Å². The first-order chi connectivity index (χ1) is 15.3. The van der Waals surface area contributed by atoms with Gasteiger partial charge in [-0.2, -0.15) is 0 Å². The van der Waals surface area contributed by atoms with Gasteiger partial charge in [0.25, 0.3) is 0 Å². The van der Waals surface area contributed by atoms with E-state index in [4.69, 9.17) is 9.90 Å². The van der Waals surface area contributed by atoms with E-state index in [1.807, 2.05) is 98.6 Å². The van der Waals surface area contributed by atoms with Crippen molar-refractivity contribution < 1.29 is 9.90 Å². The Morgan fingerprint density at radius 3 is 0.788 bits per heavy atom. The molecular weight excluding hydrogens is 514 g/mol. The molecule has 0 N–H and O–H groups in total. The maximum Gasteiger partial charge on any atom is 0.0383 e. The molecule has 0 aliphatic heterocycles. The van der Waals surface area contributed by atoms with Crippen LogP contribution in [0.2, 0.25) is 0 Å². The Balaban J connectivity index is 0. The van der Waals surface area contributed by atoms with Crippen molar-refractivity contribution in [3.8, 4) is 0 Å². The molecule has 0 bridgehead atoms. The van der Waals surface area contributed by atoms with Gasteiger partial charge in [0.1, 0.15) is 0 Å². The molecule has 0 fully saturated rings. The zero-order valence-corrected chi connectivity index (χ0v) is 22.6. The summed E-state index contributed by atoms with van der Waals surface area (Å²) in [4.78, 5) is 8.89. The van der Waals surface area contributed by atoms with Crippen LogP contribution >= 0.6 is 0 Å². The number of carboxylic acids is 1. The molecule has 4 aliphatic rings. The number of rotatable bonds is 0. The van der Waals surface area contributed by atoms with Gasteiger partial charge in [-0.25, -0.2) is 0 Å². The average Bonchev–Trinajstić information content (AvgIpc) is 2.77. The SMILES string of the molecule is CC(=O)[O-].CC1=CC=C=C[CH]1.CC1=CC=C=C[CH]1.CC1=CC=C=C[CH]1.CC1=CC=C=C[CH]1.[Sb]. The quantitative estimate of drug-likeness (QED) is 0.284. The predicted octanol–water partition coefficient (Wildman–Crippen LogP) is 5.82. The fourth-order valence-electron chi connectivity index (χ4n) is 1.88. The van der Waals surface area contributed by atoms with Gasteiger partial charge in [0.15, 0.2) is 0 Å². The Bertz CT molecular complexity index is 828. The maximum atomic E-state index is 8.89. The van der Waals surface area contributed by atoms with Crippen LogP contribution in [0, 0.1) is 25.7 Å². The summed E-state index contributed by atoms with van der Waals surface area (Å²) in [5, 5.41) is 8.89. The Morgan fingerprint density at radius 1 is 0.545 bits per heavy atom. The van der Waals surface area contributed by atoms with Gasteiger partial charge in [0, 0.05) is 56.1 Å². The van der Waals surface area contributed by atoms with E-state index in [9.17, 15) is 0 Å². The number of carbonyl (C=O) groups is 1. The van der Waals surface area contributed by atoms with Crippen molar-refractivity contribution in [1.82, 2.24) is 0 Å². The van der Waals surface area contributed by atoms with Crippen LogP contribution in [0.25, 0.3) is 0 Å². The van der Waals surface area contributed by atoms with Crippen molar-refractivity contribution in [3.63, 3.8) is 0 Å². The third-order valence-electron chi connectivity index (χ3n) is 3.54. The van der Waals surface area contributed by atoms with E-state index < -0.39 is 5.97 Å². The zero-order chi connectivity index (χ0) is 24.0. The van der Waals surface area contributed by atoms with Crippen LogP contribution in [0.5, 0.6) is 0 Å². The third-order valence-corrected chi connectivity index (χ3v) is 3.54. The molecule has 2 nitrogen and oxygen atoms in total. The second-order valence-corrected chi connectivity index (χ2v) is 6.80. The molecule has 0 saturated carbocycles. The first-order valence-electron chi connectivity index (χ1n) is 10.2. The monoisotopic (exact) mass is 544 g/mol. The van der Waals surface area contributed by atoms with Crippen LogP contribution in [0.3, 0.4) is 0 Å². The Morgan fingerprint density at radius 2 is 0.727 bits per heavy atom. The number of carbonyl (C=O) groups excluding carboxylic acids is 1. The summed E-state index contributed by atoms with van der Waals surface area (Å²) in [5.41, 5.74) is 16.9. The molecule has 169 valence electrons. The number of allylic oxidation sites excluding steroid dienone is 12. The van der Waals surface area contributed by atoms with Crippen molar-refractivity contribution in [2.24, 2.45) is 0 Å². The van der Waals surface area contributed by atoms with Crippen LogP contribution in [0.1, 0.15) is 34.6 Å². The van der Waals surface area contributed by atoms with Crippen LogP contribution in [-0.2, 0) is 4.79 Å². The third kappa shape index (κ3) is 25.5. The molecule has 0 spiro atoms. The molecule has 0 aromatic heterocycles. The fourth-order valence-corrected chi connectivity index (χ4v) is 1.88. The van der Waals surface area contributed by atoms with Crippen LogP contribution in [0.15, 0.2) is 118 Å². The van der Waals surface area contributed by atoms with E-state index in [1.165, 1.54) is 22.3 Å². The van der Waals surface area contributed by atoms with E-state index in [-0.39, 0.29) is 24.4 Å². The average molecular weight is 545 g/mol. The van der Waals surface area contributed by atoms with Crippen molar-refractivity contribution in [2.75, 3.05) is 0 Å². The molecule has 33 heavy (non-hydrogen) atoms. The normalized spacial score (nSPS) is 15.2. The maximum absolute atomic E-state index is 8.89. The van der Waals surface area contributed by atoms with Gasteiger partial charge < -0.3 is 9.90 Å². The molecule has 0 atom stereocenters. The second-order valence-electron chi connectivity index (χ2n) is 6.80. The molecule has 3 heteroatoms. The largest absolute Gasteiger partial charge is 0.550 e. The molecule has 7 radical (unpaired) electrons. The van der Waals surface area contributed by atoms with Gasteiger partial charge >= 0.3 is 0 Å². The number of aliphatic carboxylic acids is 1. The van der Waals surface area contributed by atoms with Crippen molar-refractivity contribution >= 4 is 30.4 Å². The summed E-state index contributed by atoms with van der Waals surface area (Å²) in [5.74, 6) is -1.08. The number of hydrogen-bond donors (Lipinski definition) is 0. The number of carboxylic acid groups (broad SMARTS) is 1. The summed E-state index contributed by atoms with van der Waals surface area (Å²) in [7, 11) is 0. The minimum Gasteiger partial charge on any atom is -0.550 e. The van der Waals surface area contributed by atoms with Gasteiger partial charge in [-0.05, 0) is 83.2 Å². The molecule has 0 saturated heterocycles. The fraction of sp³-hybridized carbons (Fsp3) is 0.167. The second kappa shape index (κ2) is 22.5. The van der Waals surface area contributed by atoms with E-state index in [1.54, 1.807) is 0 Å². The topological polar surface area (TPSA) is 40.1 Å². The van der Waals surface area contributed by atoms with Gasteiger partial charge in [-0.1, -0.05) is 46.6 Å². The molecule has 0 heterocycles. The summed E-state index contributed by atoms with van der Waals surface area (Å²) in [6.07, 6.45) is 31.5. The number of hydrogen-bond acceptors (Lipinski definition) is 2. The first kappa shape index (κ1) is 32.5. The van der Waals surface area contributed by atoms with Gasteiger partial charge in [0.2, 0.25) is 0 Å². The predicted molar refractivity (Wildman–Crippen MR) is 139 cm³/mol. The molecule has 4 rings (SSSR count). The minimum absolute atomic E-state index is 0. The molecular formula is C30H31O2Sb-. The summed E-state index contributed by atoms with van der Waals surface area (Å²) >= 11 is 0. The van der Waals surface area contributed by atoms with E-state index in [0.717, 1.165) is 6.92 Å². The molecule has 0 aromatic rings. The Labute approximate surface area is 218 Å². The first-order valence-corrected chi connectivity index (χ1v) is 10.2. The van der Waals surface area contributed by atoms with Crippen molar-refractivity contribution in [3.05, 3.63) is 144 Å². The Kier molecular flexibility index (Phi) is 22.2. The summed E-state index contributed by atoms with van der Waals surface area (Å²) in [6, 6.07) is 0. The van der Waals surface area contributed by atoms with Gasteiger partial charge in [-0.3, -0.25) is 0 Å². The van der Waals surface area contributed by atoms with Crippen molar-refractivity contribution in [2.45, 2.75) is 34.6 Å². The van der Waals surface area contributed by atoms with E-state index in [2.05, 4.69) is 50.6 Å². The molecule has 4 aliphatic carbocycles. The van der Waals surface area contributed by atoms with Crippen molar-refractivity contribution in [1.29, 1.82) is 0 Å². The Hall–Kier alpha value is -2.67. The van der Waals surface area contributed by atoms with Gasteiger partial charge in [-0.15, -0.1) is 22.9 Å². The smallest absolute Gasteiger partial charge is 0.0383 e. The van der Waals surface area contributed by atoms with E-state index >= 15 is 0 Å². The molecule has 0 amide bonds. The summed E-state index contributed by atoms with van der Waals surface area (Å²) < 4.78 is 0. The molecule has 0 unspecified atom stereocenters. The molecule has 0 aromatic carbocycles. The standard InChI is InChI=1S/4C7H7.C2H4O2.Sb/c4*1-7-5-3-2-4-6-7;1-2(3)4;/h4*3-6H,1H3;1H3,(H,3,4);/p-1.